The summed E-state index contributed by atoms with van der Waals surface area (Å²) in [6, 6.07) is 9.57. The predicted octanol–water partition coefficient (Wildman–Crippen LogP) is 3.25. The highest BCUT2D eigenvalue weighted by Gasteiger charge is 2.34. The summed E-state index contributed by atoms with van der Waals surface area (Å²) < 4.78 is 6.21. The topological polar surface area (TPSA) is 101 Å². The Kier molecular flexibility index (Phi) is 7.36. The van der Waals surface area contributed by atoms with Crippen molar-refractivity contribution < 1.29 is 14.3 Å². The van der Waals surface area contributed by atoms with Gasteiger partial charge in [-0.15, -0.1) is 0 Å². The number of piperidine rings is 1. The molecule has 8 nitrogen and oxygen atoms in total. The van der Waals surface area contributed by atoms with Gasteiger partial charge in [0.1, 0.15) is 17.7 Å². The van der Waals surface area contributed by atoms with Crippen LogP contribution in [0, 0.1) is 5.92 Å². The van der Waals surface area contributed by atoms with Crippen LogP contribution in [0.5, 0.6) is 5.75 Å². The van der Waals surface area contributed by atoms with Gasteiger partial charge in [-0.05, 0) is 68.0 Å². The van der Waals surface area contributed by atoms with E-state index in [-0.39, 0.29) is 12.1 Å². The molecule has 0 aliphatic carbocycles. The summed E-state index contributed by atoms with van der Waals surface area (Å²) in [7, 11) is 2.10. The van der Waals surface area contributed by atoms with Gasteiger partial charge >= 0.3 is 11.8 Å². The third kappa shape index (κ3) is 5.50. The van der Waals surface area contributed by atoms with Crippen LogP contribution in [0.1, 0.15) is 50.3 Å². The first-order valence-corrected chi connectivity index (χ1v) is 12.2. The number of nitrogens with two attached hydrogens (primary N) is 1. The van der Waals surface area contributed by atoms with Crippen molar-refractivity contribution in [3.63, 3.8) is 0 Å². The average molecular weight is 466 g/mol. The molecule has 1 aromatic carbocycles. The molecule has 2 saturated heterocycles. The maximum absolute atomic E-state index is 13.3. The van der Waals surface area contributed by atoms with Crippen LogP contribution >= 0.6 is 0 Å². The Hall–Kier alpha value is -3.13. The number of hydrogen-bond acceptors (Lipinski definition) is 6. The monoisotopic (exact) mass is 465 g/mol. The lowest BCUT2D eigenvalue weighted by Gasteiger charge is -2.38. The number of nitrogen functional groups attached to an aromatic ring is 1. The fraction of sp³-hybridized carbons (Fsp3) is 0.500. The number of likely N-dealkylation sites (N-methyl/N-ethyl adjacent to an activating group) is 1. The second kappa shape index (κ2) is 10.4. The summed E-state index contributed by atoms with van der Waals surface area (Å²) in [4.78, 5) is 34.3. The molecular weight excluding hydrogens is 430 g/mol. The smallest absolute Gasteiger partial charge is 0.313 e. The summed E-state index contributed by atoms with van der Waals surface area (Å²) in [5.41, 5.74) is 8.17. The van der Waals surface area contributed by atoms with Crippen molar-refractivity contribution in [2.45, 2.75) is 51.7 Å². The minimum Gasteiger partial charge on any atom is -0.489 e. The lowest BCUT2D eigenvalue weighted by atomic mass is 9.89. The molecule has 2 aliphatic rings. The molecule has 0 saturated carbocycles. The number of benzene rings is 1. The SMILES string of the molecule is CCc1cc(NC(=O)C(=O)N2C[C@@H](C)CC[C@@H]2c2cccc(OC3CCN(C)C3)c2)cnc1N. The summed E-state index contributed by atoms with van der Waals surface area (Å²) in [5.74, 6) is 0.382. The molecule has 1 unspecified atom stereocenters. The number of likely N-dealkylation sites (tertiary alicyclic amines) is 2. The quantitative estimate of drug-likeness (QED) is 0.658. The number of aromatic nitrogens is 1. The molecule has 2 amide bonds. The van der Waals surface area contributed by atoms with E-state index in [4.69, 9.17) is 10.5 Å². The number of ether oxygens (including phenoxy) is 1. The van der Waals surface area contributed by atoms with E-state index < -0.39 is 11.8 Å². The molecule has 4 rings (SSSR count). The van der Waals surface area contributed by atoms with Crippen LogP contribution in [-0.2, 0) is 16.0 Å². The second-order valence-corrected chi connectivity index (χ2v) is 9.60. The second-order valence-electron chi connectivity index (χ2n) is 9.60. The number of rotatable bonds is 5. The van der Waals surface area contributed by atoms with E-state index in [2.05, 4.69) is 29.2 Å². The van der Waals surface area contributed by atoms with E-state index in [1.807, 2.05) is 31.2 Å². The minimum atomic E-state index is -0.658. The number of carbonyl (C=O) groups is 2. The van der Waals surface area contributed by atoms with Gasteiger partial charge in [0, 0.05) is 19.6 Å². The minimum absolute atomic E-state index is 0.167. The Bertz CT molecular complexity index is 1040. The first-order valence-electron chi connectivity index (χ1n) is 12.2. The predicted molar refractivity (Wildman–Crippen MR) is 132 cm³/mol. The van der Waals surface area contributed by atoms with Crippen LogP contribution in [0.2, 0.25) is 0 Å². The maximum Gasteiger partial charge on any atom is 0.313 e. The molecular formula is C26H35N5O3. The molecule has 0 spiro atoms. The van der Waals surface area contributed by atoms with Crippen LogP contribution in [0.4, 0.5) is 11.5 Å². The molecule has 2 aromatic rings. The fourth-order valence-electron chi connectivity index (χ4n) is 4.89. The van der Waals surface area contributed by atoms with Crippen LogP contribution < -0.4 is 15.8 Å². The third-order valence-corrected chi connectivity index (χ3v) is 6.81. The summed E-state index contributed by atoms with van der Waals surface area (Å²) >= 11 is 0. The lowest BCUT2D eigenvalue weighted by Crippen LogP contribution is -2.46. The van der Waals surface area contributed by atoms with Gasteiger partial charge in [0.15, 0.2) is 0 Å². The average Bonchev–Trinajstić information content (AvgIpc) is 3.24. The standard InChI is InChI=1S/C26H35N5O3/c1-4-18-12-20(14-28-24(18)27)29-25(32)26(33)31-15-17(2)8-9-23(31)19-6-5-7-21(13-19)34-22-10-11-30(3)16-22/h5-7,12-14,17,22-23H,4,8-11,15-16H2,1-3H3,(H2,27,28)(H,29,32)/t17-,22?,23+/m0/s1. The largest absolute Gasteiger partial charge is 0.489 e. The molecule has 182 valence electrons. The van der Waals surface area contributed by atoms with Gasteiger partial charge in [0.05, 0.1) is 17.9 Å². The first-order chi connectivity index (χ1) is 16.3. The van der Waals surface area contributed by atoms with Crippen molar-refractivity contribution in [2.24, 2.45) is 5.92 Å². The molecule has 2 aliphatic heterocycles. The maximum atomic E-state index is 13.3. The van der Waals surface area contributed by atoms with Crippen molar-refractivity contribution in [1.82, 2.24) is 14.8 Å². The molecule has 1 aromatic heterocycles. The van der Waals surface area contributed by atoms with Gasteiger partial charge in [-0.3, -0.25) is 9.59 Å². The van der Waals surface area contributed by atoms with E-state index in [1.54, 1.807) is 11.0 Å². The summed E-state index contributed by atoms with van der Waals surface area (Å²) in [5, 5.41) is 2.71. The van der Waals surface area contributed by atoms with E-state index >= 15 is 0 Å². The number of nitrogens with one attached hydrogen (secondary N) is 1. The summed E-state index contributed by atoms with van der Waals surface area (Å²) in [6.07, 6.45) is 5.16. The normalized spacial score (nSPS) is 23.0. The highest BCUT2D eigenvalue weighted by atomic mass is 16.5. The van der Waals surface area contributed by atoms with Crippen LogP contribution in [-0.4, -0.2) is 59.4 Å². The Morgan fingerprint density at radius 2 is 2.03 bits per heavy atom. The van der Waals surface area contributed by atoms with E-state index in [0.717, 1.165) is 49.2 Å². The Balaban J connectivity index is 1.50. The zero-order valence-electron chi connectivity index (χ0n) is 20.3. The van der Waals surface area contributed by atoms with Crippen molar-refractivity contribution in [3.8, 4) is 5.75 Å². The van der Waals surface area contributed by atoms with E-state index in [9.17, 15) is 9.59 Å². The number of hydrogen-bond donors (Lipinski definition) is 2. The molecule has 3 N–H and O–H groups in total. The highest BCUT2D eigenvalue weighted by molar-refractivity contribution is 6.39. The van der Waals surface area contributed by atoms with Gasteiger partial charge in [0.25, 0.3) is 0 Å². The van der Waals surface area contributed by atoms with Gasteiger partial charge in [-0.25, -0.2) is 4.98 Å². The molecule has 3 atom stereocenters. The van der Waals surface area contributed by atoms with Gasteiger partial charge < -0.3 is 25.6 Å². The van der Waals surface area contributed by atoms with Crippen molar-refractivity contribution in [2.75, 3.05) is 37.7 Å². The number of nitrogens with zero attached hydrogens (tertiary/aromatic N) is 3. The van der Waals surface area contributed by atoms with Crippen molar-refractivity contribution in [3.05, 3.63) is 47.7 Å². The molecule has 0 bridgehead atoms. The third-order valence-electron chi connectivity index (χ3n) is 6.81. The highest BCUT2D eigenvalue weighted by Crippen LogP contribution is 2.35. The summed E-state index contributed by atoms with van der Waals surface area (Å²) in [6.45, 7) is 6.56. The van der Waals surface area contributed by atoms with Gasteiger partial charge in [0.2, 0.25) is 0 Å². The van der Waals surface area contributed by atoms with Crippen molar-refractivity contribution in [1.29, 1.82) is 0 Å². The van der Waals surface area contributed by atoms with Gasteiger partial charge in [-0.1, -0.05) is 26.0 Å². The fourth-order valence-corrected chi connectivity index (χ4v) is 4.89. The zero-order valence-corrected chi connectivity index (χ0v) is 20.3. The first kappa shape index (κ1) is 24.0. The zero-order chi connectivity index (χ0) is 24.2. The van der Waals surface area contributed by atoms with E-state index in [1.165, 1.54) is 6.20 Å². The van der Waals surface area contributed by atoms with Crippen molar-refractivity contribution >= 4 is 23.3 Å². The van der Waals surface area contributed by atoms with Crippen LogP contribution in [0.15, 0.2) is 36.5 Å². The van der Waals surface area contributed by atoms with Gasteiger partial charge in [-0.2, -0.15) is 0 Å². The number of pyridine rings is 1. The number of anilines is 2. The number of carbonyl (C=O) groups excluding carboxylic acids is 2. The Morgan fingerprint density at radius 3 is 2.76 bits per heavy atom. The molecule has 0 radical (unpaired) electrons. The van der Waals surface area contributed by atoms with Crippen LogP contribution in [0.25, 0.3) is 0 Å². The Morgan fingerprint density at radius 1 is 1.21 bits per heavy atom. The molecule has 3 heterocycles. The number of amides is 2. The van der Waals surface area contributed by atoms with E-state index in [0.29, 0.717) is 30.4 Å². The molecule has 2 fully saturated rings. The molecule has 8 heteroatoms. The number of aryl methyl sites for hydroxylation is 1. The molecule has 34 heavy (non-hydrogen) atoms. The lowest BCUT2D eigenvalue weighted by molar-refractivity contribution is -0.146. The van der Waals surface area contributed by atoms with Crippen LogP contribution in [0.3, 0.4) is 0 Å². The Labute approximate surface area is 201 Å².